The molecule has 0 bridgehead atoms. The number of nitrogens with zero attached hydrogens (tertiary/aromatic N) is 2. The maximum Gasteiger partial charge on any atom is 0.145 e. The summed E-state index contributed by atoms with van der Waals surface area (Å²) in [7, 11) is 3.62. The zero-order valence-corrected chi connectivity index (χ0v) is 6.76. The standard InChI is InChI=1S/C6H15N3O/c1-4-5-6(8-10)7-9(2)3/h10H,4-5H2,1-3H3,(H,7,8). The lowest BCUT2D eigenvalue weighted by atomic mass is 10.3. The van der Waals surface area contributed by atoms with Crippen molar-refractivity contribution < 1.29 is 5.21 Å². The molecule has 0 aromatic rings. The Bertz CT molecular complexity index is 112. The highest BCUT2D eigenvalue weighted by Gasteiger charge is 1.93. The lowest BCUT2D eigenvalue weighted by Crippen LogP contribution is -2.22. The Labute approximate surface area is 61.5 Å². The fourth-order valence-corrected chi connectivity index (χ4v) is 0.606. The number of nitrogens with one attached hydrogen (secondary N) is 1. The number of rotatable bonds is 3. The summed E-state index contributed by atoms with van der Waals surface area (Å²) >= 11 is 0. The average Bonchev–Trinajstić information content (AvgIpc) is 1.86. The molecule has 4 nitrogen and oxygen atoms in total. The van der Waals surface area contributed by atoms with Crippen LogP contribution in [0.25, 0.3) is 0 Å². The van der Waals surface area contributed by atoms with Gasteiger partial charge in [0.1, 0.15) is 5.84 Å². The summed E-state index contributed by atoms with van der Waals surface area (Å²) in [5.74, 6) is 0.604. The monoisotopic (exact) mass is 145 g/mol. The van der Waals surface area contributed by atoms with Crippen LogP contribution in [-0.2, 0) is 0 Å². The van der Waals surface area contributed by atoms with E-state index in [1.165, 1.54) is 0 Å². The van der Waals surface area contributed by atoms with E-state index in [1.54, 1.807) is 5.01 Å². The molecule has 0 unspecified atom stereocenters. The van der Waals surface area contributed by atoms with Crippen molar-refractivity contribution in [1.29, 1.82) is 0 Å². The van der Waals surface area contributed by atoms with E-state index in [1.807, 2.05) is 26.5 Å². The Balaban J connectivity index is 3.78. The van der Waals surface area contributed by atoms with Gasteiger partial charge in [0.25, 0.3) is 0 Å². The van der Waals surface area contributed by atoms with Gasteiger partial charge in [-0.3, -0.25) is 10.7 Å². The summed E-state index contributed by atoms with van der Waals surface area (Å²) in [4.78, 5) is 0. The smallest absolute Gasteiger partial charge is 0.145 e. The van der Waals surface area contributed by atoms with Gasteiger partial charge in [0.2, 0.25) is 0 Å². The number of hydrogen-bond donors (Lipinski definition) is 2. The number of hydrazone groups is 1. The second-order valence-corrected chi connectivity index (χ2v) is 2.26. The summed E-state index contributed by atoms with van der Waals surface area (Å²) in [6.45, 7) is 2.03. The number of hydroxylamine groups is 1. The molecule has 0 spiro atoms. The van der Waals surface area contributed by atoms with Crippen molar-refractivity contribution >= 4 is 5.84 Å². The van der Waals surface area contributed by atoms with E-state index in [0.717, 1.165) is 12.8 Å². The van der Waals surface area contributed by atoms with Gasteiger partial charge >= 0.3 is 0 Å². The molecule has 0 aliphatic heterocycles. The van der Waals surface area contributed by atoms with Crippen LogP contribution in [0.4, 0.5) is 0 Å². The second kappa shape index (κ2) is 5.05. The molecular weight excluding hydrogens is 130 g/mol. The molecule has 0 amide bonds. The molecule has 0 fully saturated rings. The van der Waals surface area contributed by atoms with Crippen LogP contribution in [0.5, 0.6) is 0 Å². The van der Waals surface area contributed by atoms with Gasteiger partial charge in [0.15, 0.2) is 0 Å². The molecule has 0 rings (SSSR count). The molecule has 0 saturated carbocycles. The first kappa shape index (κ1) is 9.23. The zero-order valence-electron chi connectivity index (χ0n) is 6.76. The molecule has 4 heteroatoms. The van der Waals surface area contributed by atoms with E-state index in [9.17, 15) is 0 Å². The summed E-state index contributed by atoms with van der Waals surface area (Å²) in [5, 5.41) is 14.1. The topological polar surface area (TPSA) is 47.9 Å². The summed E-state index contributed by atoms with van der Waals surface area (Å²) in [5.41, 5.74) is 2.04. The highest BCUT2D eigenvalue weighted by molar-refractivity contribution is 5.80. The third-order valence-corrected chi connectivity index (χ3v) is 0.937. The van der Waals surface area contributed by atoms with Crippen molar-refractivity contribution in [2.45, 2.75) is 19.8 Å². The Morgan fingerprint density at radius 3 is 2.50 bits per heavy atom. The van der Waals surface area contributed by atoms with Gasteiger partial charge in [-0.25, -0.2) is 0 Å². The largest absolute Gasteiger partial charge is 0.301 e. The fraction of sp³-hybridized carbons (Fsp3) is 0.833. The Kier molecular flexibility index (Phi) is 4.66. The summed E-state index contributed by atoms with van der Waals surface area (Å²) in [6.07, 6.45) is 1.74. The van der Waals surface area contributed by atoms with Crippen molar-refractivity contribution in [2.75, 3.05) is 14.1 Å². The molecule has 0 saturated heterocycles. The zero-order chi connectivity index (χ0) is 7.98. The SMILES string of the molecule is CCCC(=NN(C)C)NO. The quantitative estimate of drug-likeness (QED) is 0.348. The molecule has 0 aliphatic carbocycles. The van der Waals surface area contributed by atoms with Gasteiger partial charge in [0.05, 0.1) is 0 Å². The van der Waals surface area contributed by atoms with Crippen LogP contribution in [0.15, 0.2) is 5.10 Å². The Hall–Kier alpha value is -0.770. The van der Waals surface area contributed by atoms with Crippen molar-refractivity contribution in [3.05, 3.63) is 0 Å². The minimum absolute atomic E-state index is 0.604. The molecule has 0 radical (unpaired) electrons. The fourth-order valence-electron chi connectivity index (χ4n) is 0.606. The van der Waals surface area contributed by atoms with E-state index in [0.29, 0.717) is 5.84 Å². The van der Waals surface area contributed by atoms with Crippen molar-refractivity contribution in [3.8, 4) is 0 Å². The van der Waals surface area contributed by atoms with Crippen molar-refractivity contribution in [3.63, 3.8) is 0 Å². The van der Waals surface area contributed by atoms with Gasteiger partial charge in [-0.1, -0.05) is 6.92 Å². The molecule has 2 N–H and O–H groups in total. The van der Waals surface area contributed by atoms with Crippen LogP contribution in [0.2, 0.25) is 0 Å². The van der Waals surface area contributed by atoms with E-state index >= 15 is 0 Å². The van der Waals surface area contributed by atoms with E-state index < -0.39 is 0 Å². The highest BCUT2D eigenvalue weighted by atomic mass is 16.5. The van der Waals surface area contributed by atoms with Gasteiger partial charge < -0.3 is 5.01 Å². The molecule has 0 aromatic heterocycles. The number of hydrogen-bond acceptors (Lipinski definition) is 3. The van der Waals surface area contributed by atoms with Crippen LogP contribution in [-0.4, -0.2) is 30.1 Å². The predicted molar refractivity (Wildman–Crippen MR) is 41.0 cm³/mol. The average molecular weight is 145 g/mol. The van der Waals surface area contributed by atoms with Gasteiger partial charge in [-0.15, -0.1) is 0 Å². The van der Waals surface area contributed by atoms with E-state index in [4.69, 9.17) is 5.21 Å². The molecule has 0 heterocycles. The van der Waals surface area contributed by atoms with Crippen LogP contribution in [0.1, 0.15) is 19.8 Å². The summed E-state index contributed by atoms with van der Waals surface area (Å²) < 4.78 is 0. The van der Waals surface area contributed by atoms with Gasteiger partial charge in [0, 0.05) is 20.5 Å². The Morgan fingerprint density at radius 2 is 2.20 bits per heavy atom. The maximum atomic E-state index is 8.50. The van der Waals surface area contributed by atoms with Crippen LogP contribution in [0, 0.1) is 0 Å². The van der Waals surface area contributed by atoms with Crippen molar-refractivity contribution in [2.24, 2.45) is 5.10 Å². The number of amidine groups is 1. The maximum absolute atomic E-state index is 8.50. The second-order valence-electron chi connectivity index (χ2n) is 2.26. The summed E-state index contributed by atoms with van der Waals surface area (Å²) in [6, 6.07) is 0. The first-order valence-electron chi connectivity index (χ1n) is 3.35. The van der Waals surface area contributed by atoms with Crippen LogP contribution in [0.3, 0.4) is 0 Å². The lowest BCUT2D eigenvalue weighted by Gasteiger charge is -2.07. The van der Waals surface area contributed by atoms with Gasteiger partial charge in [-0.05, 0) is 6.42 Å². The minimum atomic E-state index is 0.604. The molecule has 0 aromatic carbocycles. The molecular formula is C6H15N3O. The van der Waals surface area contributed by atoms with Gasteiger partial charge in [-0.2, -0.15) is 5.10 Å². The minimum Gasteiger partial charge on any atom is -0.301 e. The van der Waals surface area contributed by atoms with E-state index in [-0.39, 0.29) is 0 Å². The first-order valence-corrected chi connectivity index (χ1v) is 3.35. The first-order chi connectivity index (χ1) is 4.70. The third kappa shape index (κ3) is 4.14. The highest BCUT2D eigenvalue weighted by Crippen LogP contribution is 1.89. The van der Waals surface area contributed by atoms with E-state index in [2.05, 4.69) is 5.10 Å². The Morgan fingerprint density at radius 1 is 1.60 bits per heavy atom. The van der Waals surface area contributed by atoms with Crippen molar-refractivity contribution in [1.82, 2.24) is 10.5 Å². The normalized spacial score (nSPS) is 11.4. The van der Waals surface area contributed by atoms with Crippen LogP contribution >= 0.6 is 0 Å². The lowest BCUT2D eigenvalue weighted by molar-refractivity contribution is 0.227. The molecule has 0 atom stereocenters. The molecule has 10 heavy (non-hydrogen) atoms. The third-order valence-electron chi connectivity index (χ3n) is 0.937. The van der Waals surface area contributed by atoms with Crippen LogP contribution < -0.4 is 5.48 Å². The predicted octanol–water partition coefficient (Wildman–Crippen LogP) is 0.640. The molecule has 0 aliphatic rings. The molecule has 60 valence electrons.